The van der Waals surface area contributed by atoms with Crippen LogP contribution in [-0.2, 0) is 16.6 Å². The quantitative estimate of drug-likeness (QED) is 0.808. The zero-order chi connectivity index (χ0) is 14.9. The first-order valence-electron chi connectivity index (χ1n) is 5.83. The van der Waals surface area contributed by atoms with Gasteiger partial charge < -0.3 is 15.2 Å². The molecule has 0 atom stereocenters. The third-order valence-corrected chi connectivity index (χ3v) is 3.72. The Morgan fingerprint density at radius 3 is 2.60 bits per heavy atom. The molecule has 1 aromatic carbocycles. The number of benzene rings is 1. The molecule has 0 saturated carbocycles. The maximum atomic E-state index is 11.6. The lowest BCUT2D eigenvalue weighted by atomic mass is 10.2. The van der Waals surface area contributed by atoms with Gasteiger partial charge in [-0.05, 0) is 25.1 Å². The Morgan fingerprint density at radius 2 is 2.05 bits per heavy atom. The molecule has 1 aromatic heterocycles. The maximum Gasteiger partial charge on any atom is 0.240 e. The highest BCUT2D eigenvalue weighted by atomic mass is 32.2. The fourth-order valence-electron chi connectivity index (χ4n) is 1.89. The van der Waals surface area contributed by atoms with Crippen LogP contribution in [0, 0.1) is 6.92 Å². The van der Waals surface area contributed by atoms with Crippen LogP contribution in [0.15, 0.2) is 33.7 Å². The van der Waals surface area contributed by atoms with E-state index < -0.39 is 10.0 Å². The van der Waals surface area contributed by atoms with E-state index in [0.29, 0.717) is 29.4 Å². The third-order valence-electron chi connectivity index (χ3n) is 2.78. The minimum Gasteiger partial charge on any atom is -0.399 e. The van der Waals surface area contributed by atoms with Crippen molar-refractivity contribution in [3.05, 3.63) is 35.7 Å². The topological polar surface area (TPSA) is 115 Å². The second-order valence-electron chi connectivity index (χ2n) is 4.56. The number of nitrogens with two attached hydrogens (primary N) is 2. The Bertz CT molecular complexity index is 724. The highest BCUT2D eigenvalue weighted by molar-refractivity contribution is 7.89. The molecule has 2 aromatic rings. The molecule has 7 nitrogen and oxygen atoms in total. The number of nitrogen functional groups attached to an aromatic ring is 1. The Kier molecular flexibility index (Phi) is 3.69. The van der Waals surface area contributed by atoms with Gasteiger partial charge in [-0.15, -0.1) is 0 Å². The molecule has 0 bridgehead atoms. The summed E-state index contributed by atoms with van der Waals surface area (Å²) in [4.78, 5) is 1.71. The van der Waals surface area contributed by atoms with Crippen LogP contribution in [-0.4, -0.2) is 20.6 Å². The molecule has 1 heterocycles. The Balaban J connectivity index is 2.37. The number of rotatable bonds is 4. The van der Waals surface area contributed by atoms with Crippen molar-refractivity contribution in [3.63, 3.8) is 0 Å². The van der Waals surface area contributed by atoms with Crippen molar-refractivity contribution in [1.82, 2.24) is 5.16 Å². The second kappa shape index (κ2) is 5.14. The van der Waals surface area contributed by atoms with E-state index in [1.165, 1.54) is 6.07 Å². The SMILES string of the molecule is Cc1cc(CN(C)c2ccc(N)cc2S(N)(=O)=O)no1. The van der Waals surface area contributed by atoms with Crippen molar-refractivity contribution in [2.75, 3.05) is 17.7 Å². The van der Waals surface area contributed by atoms with Gasteiger partial charge in [-0.1, -0.05) is 5.16 Å². The lowest BCUT2D eigenvalue weighted by Crippen LogP contribution is -2.22. The Morgan fingerprint density at radius 1 is 1.35 bits per heavy atom. The van der Waals surface area contributed by atoms with Gasteiger partial charge >= 0.3 is 0 Å². The van der Waals surface area contributed by atoms with Gasteiger partial charge in [-0.2, -0.15) is 0 Å². The summed E-state index contributed by atoms with van der Waals surface area (Å²) in [5.74, 6) is 0.692. The molecule has 8 heteroatoms. The van der Waals surface area contributed by atoms with E-state index in [-0.39, 0.29) is 4.90 Å². The molecule has 0 aliphatic heterocycles. The van der Waals surface area contributed by atoms with Crippen LogP contribution < -0.4 is 15.8 Å². The summed E-state index contributed by atoms with van der Waals surface area (Å²) in [5, 5.41) is 9.09. The fourth-order valence-corrected chi connectivity index (χ4v) is 2.71. The van der Waals surface area contributed by atoms with Crippen LogP contribution >= 0.6 is 0 Å². The van der Waals surface area contributed by atoms with Gasteiger partial charge in [0.25, 0.3) is 0 Å². The number of hydrogen-bond donors (Lipinski definition) is 2. The molecule has 4 N–H and O–H groups in total. The third kappa shape index (κ3) is 3.09. The first kappa shape index (κ1) is 14.4. The van der Waals surface area contributed by atoms with Crippen LogP contribution in [0.5, 0.6) is 0 Å². The van der Waals surface area contributed by atoms with E-state index in [1.54, 1.807) is 37.1 Å². The van der Waals surface area contributed by atoms with Gasteiger partial charge in [-0.3, -0.25) is 0 Å². The molecule has 0 spiro atoms. The van der Waals surface area contributed by atoms with E-state index in [9.17, 15) is 8.42 Å². The summed E-state index contributed by atoms with van der Waals surface area (Å²) >= 11 is 0. The van der Waals surface area contributed by atoms with Crippen LogP contribution in [0.25, 0.3) is 0 Å². The summed E-state index contributed by atoms with van der Waals surface area (Å²) in [6, 6.07) is 6.36. The number of anilines is 2. The normalized spacial score (nSPS) is 11.6. The monoisotopic (exact) mass is 296 g/mol. The zero-order valence-corrected chi connectivity index (χ0v) is 12.0. The molecular weight excluding hydrogens is 280 g/mol. The van der Waals surface area contributed by atoms with Gasteiger partial charge in [0.15, 0.2) is 0 Å². The number of nitrogens with zero attached hydrogens (tertiary/aromatic N) is 2. The van der Waals surface area contributed by atoms with Crippen LogP contribution in [0.1, 0.15) is 11.5 Å². The highest BCUT2D eigenvalue weighted by Gasteiger charge is 2.18. The molecule has 0 aliphatic rings. The highest BCUT2D eigenvalue weighted by Crippen LogP contribution is 2.26. The van der Waals surface area contributed by atoms with Crippen LogP contribution in [0.4, 0.5) is 11.4 Å². The molecule has 20 heavy (non-hydrogen) atoms. The van der Waals surface area contributed by atoms with Gasteiger partial charge in [0.1, 0.15) is 16.3 Å². The molecule has 108 valence electrons. The van der Waals surface area contributed by atoms with Crippen molar-refractivity contribution < 1.29 is 12.9 Å². The van der Waals surface area contributed by atoms with Gasteiger partial charge in [-0.25, -0.2) is 13.6 Å². The average molecular weight is 296 g/mol. The number of aromatic nitrogens is 1. The Labute approximate surface area is 117 Å². The minimum absolute atomic E-state index is 0.0137. The van der Waals surface area contributed by atoms with E-state index in [2.05, 4.69) is 5.16 Å². The average Bonchev–Trinajstić information content (AvgIpc) is 2.73. The summed E-state index contributed by atoms with van der Waals surface area (Å²) in [5.41, 5.74) is 7.11. The van der Waals surface area contributed by atoms with E-state index in [1.807, 2.05) is 0 Å². The molecule has 0 amide bonds. The van der Waals surface area contributed by atoms with Crippen LogP contribution in [0.3, 0.4) is 0 Å². The van der Waals surface area contributed by atoms with E-state index in [0.717, 1.165) is 0 Å². The molecule has 0 fully saturated rings. The molecule has 0 unspecified atom stereocenters. The molecule has 2 rings (SSSR count). The summed E-state index contributed by atoms with van der Waals surface area (Å²) < 4.78 is 28.2. The first-order chi connectivity index (χ1) is 9.27. The van der Waals surface area contributed by atoms with Crippen molar-refractivity contribution in [2.45, 2.75) is 18.4 Å². The van der Waals surface area contributed by atoms with Crippen molar-refractivity contribution >= 4 is 21.4 Å². The first-order valence-corrected chi connectivity index (χ1v) is 7.37. The van der Waals surface area contributed by atoms with E-state index in [4.69, 9.17) is 15.4 Å². The maximum absolute atomic E-state index is 11.6. The van der Waals surface area contributed by atoms with Gasteiger partial charge in [0.05, 0.1) is 12.2 Å². The van der Waals surface area contributed by atoms with Crippen molar-refractivity contribution in [1.29, 1.82) is 0 Å². The van der Waals surface area contributed by atoms with Crippen LogP contribution in [0.2, 0.25) is 0 Å². The molecule has 0 saturated heterocycles. The lowest BCUT2D eigenvalue weighted by molar-refractivity contribution is 0.390. The second-order valence-corrected chi connectivity index (χ2v) is 6.09. The van der Waals surface area contributed by atoms with Crippen molar-refractivity contribution in [2.24, 2.45) is 5.14 Å². The summed E-state index contributed by atoms with van der Waals surface area (Å²) in [7, 11) is -2.11. The number of hydrogen-bond acceptors (Lipinski definition) is 6. The lowest BCUT2D eigenvalue weighted by Gasteiger charge is -2.20. The number of primary sulfonamides is 1. The zero-order valence-electron chi connectivity index (χ0n) is 11.2. The smallest absolute Gasteiger partial charge is 0.240 e. The standard InChI is InChI=1S/C12H16N4O3S/c1-8-5-10(15-19-8)7-16(2)11-4-3-9(13)6-12(11)20(14,17)18/h3-6H,7,13H2,1-2H3,(H2,14,17,18). The molecular formula is C12H16N4O3S. The fraction of sp³-hybridized carbons (Fsp3) is 0.250. The van der Waals surface area contributed by atoms with E-state index >= 15 is 0 Å². The predicted molar refractivity (Wildman–Crippen MR) is 75.6 cm³/mol. The molecule has 0 aliphatic carbocycles. The largest absolute Gasteiger partial charge is 0.399 e. The summed E-state index contributed by atoms with van der Waals surface area (Å²) in [6.45, 7) is 2.18. The van der Waals surface area contributed by atoms with Gasteiger partial charge in [0.2, 0.25) is 10.0 Å². The van der Waals surface area contributed by atoms with Crippen molar-refractivity contribution in [3.8, 4) is 0 Å². The molecule has 0 radical (unpaired) electrons. The Hall–Kier alpha value is -2.06. The predicted octanol–water partition coefficient (Wildman–Crippen LogP) is 0.849. The number of aryl methyl sites for hydroxylation is 1. The van der Waals surface area contributed by atoms with Gasteiger partial charge in [0, 0.05) is 18.8 Å². The summed E-state index contributed by atoms with van der Waals surface area (Å²) in [6.07, 6.45) is 0. The number of sulfonamides is 1. The minimum atomic E-state index is -3.85.